The lowest BCUT2D eigenvalue weighted by Crippen LogP contribution is -2.17. The number of hydrogen-bond acceptors (Lipinski definition) is 5. The molecule has 0 saturated heterocycles. The number of hydrogen-bond donors (Lipinski definition) is 1. The third-order valence-corrected chi connectivity index (χ3v) is 2.34. The van der Waals surface area contributed by atoms with Crippen LogP contribution in [0, 0.1) is 11.3 Å². The lowest BCUT2D eigenvalue weighted by Gasteiger charge is -2.01. The molecular weight excluding hydrogens is 228 g/mol. The Bertz CT molecular complexity index is 467. The fourth-order valence-electron chi connectivity index (χ4n) is 0.646. The smallest absolute Gasteiger partial charge is 0.248 e. The topological polar surface area (TPSA) is 95.7 Å². The molecule has 6 nitrogen and oxygen atoms in total. The van der Waals surface area contributed by atoms with Crippen molar-refractivity contribution in [2.75, 3.05) is 10.5 Å². The van der Waals surface area contributed by atoms with Gasteiger partial charge in [-0.1, -0.05) is 11.6 Å². The van der Waals surface area contributed by atoms with Gasteiger partial charge in [-0.25, -0.2) is 18.4 Å². The summed E-state index contributed by atoms with van der Waals surface area (Å²) in [6.45, 7) is 0. The van der Waals surface area contributed by atoms with Crippen molar-refractivity contribution in [3.05, 3.63) is 17.4 Å². The summed E-state index contributed by atoms with van der Waals surface area (Å²) < 4.78 is 24.1. The fourth-order valence-corrected chi connectivity index (χ4v) is 1.40. The van der Waals surface area contributed by atoms with E-state index >= 15 is 0 Å². The molecule has 1 aromatic heterocycles. The van der Waals surface area contributed by atoms with E-state index in [1.165, 1.54) is 18.3 Å². The largest absolute Gasteiger partial charge is 0.250 e. The molecular formula is C6H5ClN4O2S. The summed E-state index contributed by atoms with van der Waals surface area (Å²) in [4.78, 5) is 7.21. The molecule has 1 aromatic rings. The molecule has 0 saturated carbocycles. The second kappa shape index (κ2) is 4.21. The summed E-state index contributed by atoms with van der Waals surface area (Å²) in [6, 6.07) is 2.91. The summed E-state index contributed by atoms with van der Waals surface area (Å²) in [5, 5.41) is 8.32. The number of aromatic nitrogens is 2. The normalized spacial score (nSPS) is 10.6. The van der Waals surface area contributed by atoms with Crippen molar-refractivity contribution in [2.24, 2.45) is 0 Å². The maximum Gasteiger partial charge on any atom is 0.248 e. The molecule has 0 unspecified atom stereocenters. The average molecular weight is 233 g/mol. The molecule has 1 N–H and O–H groups in total. The zero-order valence-electron chi connectivity index (χ0n) is 6.81. The first kappa shape index (κ1) is 10.7. The highest BCUT2D eigenvalue weighted by Crippen LogP contribution is 2.06. The predicted octanol–water partition coefficient (Wildman–Crippen LogP) is 0.395. The van der Waals surface area contributed by atoms with E-state index in [1.807, 2.05) is 4.72 Å². The van der Waals surface area contributed by atoms with Crippen LogP contribution < -0.4 is 4.72 Å². The van der Waals surface area contributed by atoms with Crippen molar-refractivity contribution in [1.82, 2.24) is 9.97 Å². The summed E-state index contributed by atoms with van der Waals surface area (Å²) in [5.41, 5.74) is 0. The maximum atomic E-state index is 11.1. The third kappa shape index (κ3) is 3.16. The third-order valence-electron chi connectivity index (χ3n) is 1.12. The lowest BCUT2D eigenvalue weighted by molar-refractivity contribution is 0.604. The minimum absolute atomic E-state index is 0.120. The number of sulfonamides is 1. The van der Waals surface area contributed by atoms with Gasteiger partial charge in [-0.3, -0.25) is 4.72 Å². The van der Waals surface area contributed by atoms with Crippen LogP contribution in [0.25, 0.3) is 0 Å². The Morgan fingerprint density at radius 2 is 2.36 bits per heavy atom. The number of rotatable bonds is 3. The Morgan fingerprint density at radius 1 is 1.64 bits per heavy atom. The van der Waals surface area contributed by atoms with Crippen LogP contribution in [-0.2, 0) is 10.0 Å². The highest BCUT2D eigenvalue weighted by molar-refractivity contribution is 7.92. The molecule has 8 heteroatoms. The second-order valence-corrected chi connectivity index (χ2v) is 4.33. The molecule has 0 aromatic carbocycles. The fraction of sp³-hybridized carbons (Fsp3) is 0.167. The van der Waals surface area contributed by atoms with E-state index in [1.54, 1.807) is 0 Å². The van der Waals surface area contributed by atoms with Gasteiger partial charge in [0, 0.05) is 6.20 Å². The molecule has 74 valence electrons. The van der Waals surface area contributed by atoms with Gasteiger partial charge in [0.15, 0.2) is 5.75 Å². The molecule has 0 amide bonds. The Hall–Kier alpha value is -1.39. The van der Waals surface area contributed by atoms with Gasteiger partial charge in [0.1, 0.15) is 5.15 Å². The van der Waals surface area contributed by atoms with Gasteiger partial charge >= 0.3 is 0 Å². The highest BCUT2D eigenvalue weighted by atomic mass is 35.5. The number of nitrogens with zero attached hydrogens (tertiary/aromatic N) is 3. The summed E-state index contributed by atoms with van der Waals surface area (Å²) in [7, 11) is -3.70. The van der Waals surface area contributed by atoms with Crippen LogP contribution in [0.4, 0.5) is 5.95 Å². The number of halogens is 1. The van der Waals surface area contributed by atoms with Crippen LogP contribution >= 0.6 is 11.6 Å². The predicted molar refractivity (Wildman–Crippen MR) is 50.1 cm³/mol. The van der Waals surface area contributed by atoms with Gasteiger partial charge in [-0.15, -0.1) is 0 Å². The summed E-state index contributed by atoms with van der Waals surface area (Å²) in [6.07, 6.45) is 1.31. The standard InChI is InChI=1S/C6H5ClN4O2S/c7-5-1-3-9-6(10-5)11-14(12,13)4-2-8/h1,3H,4H2,(H,9,10,11). The highest BCUT2D eigenvalue weighted by Gasteiger charge is 2.10. The molecule has 0 aliphatic heterocycles. The molecule has 1 heterocycles. The zero-order valence-corrected chi connectivity index (χ0v) is 8.38. The van der Waals surface area contributed by atoms with Crippen molar-refractivity contribution in [3.63, 3.8) is 0 Å². The number of nitriles is 1. The van der Waals surface area contributed by atoms with E-state index in [0.29, 0.717) is 0 Å². The Morgan fingerprint density at radius 3 is 2.93 bits per heavy atom. The van der Waals surface area contributed by atoms with E-state index in [9.17, 15) is 8.42 Å². The Labute approximate surface area is 85.6 Å². The maximum absolute atomic E-state index is 11.1. The SMILES string of the molecule is N#CCS(=O)(=O)Nc1nccc(Cl)n1. The molecule has 0 bridgehead atoms. The van der Waals surface area contributed by atoms with Crippen LogP contribution in [0.5, 0.6) is 0 Å². The molecule has 0 aliphatic carbocycles. The van der Waals surface area contributed by atoms with Gasteiger partial charge in [-0.05, 0) is 6.07 Å². The first-order valence-electron chi connectivity index (χ1n) is 3.39. The summed E-state index contributed by atoms with van der Waals surface area (Å²) >= 11 is 5.50. The first-order valence-corrected chi connectivity index (χ1v) is 5.42. The van der Waals surface area contributed by atoms with Crippen molar-refractivity contribution in [3.8, 4) is 6.07 Å². The number of nitrogens with one attached hydrogen (secondary N) is 1. The Balaban J connectivity index is 2.85. The van der Waals surface area contributed by atoms with E-state index < -0.39 is 15.8 Å². The van der Waals surface area contributed by atoms with Crippen LogP contribution in [0.2, 0.25) is 5.15 Å². The summed E-state index contributed by atoms with van der Waals surface area (Å²) in [5.74, 6) is -0.796. The minimum Gasteiger partial charge on any atom is -0.250 e. The molecule has 14 heavy (non-hydrogen) atoms. The molecule has 0 radical (unpaired) electrons. The first-order chi connectivity index (χ1) is 6.53. The quantitative estimate of drug-likeness (QED) is 0.761. The molecule has 0 atom stereocenters. The number of anilines is 1. The van der Waals surface area contributed by atoms with E-state index in [0.717, 1.165) is 0 Å². The Kier molecular flexibility index (Phi) is 3.22. The molecule has 0 fully saturated rings. The van der Waals surface area contributed by atoms with E-state index in [-0.39, 0.29) is 11.1 Å². The van der Waals surface area contributed by atoms with Gasteiger partial charge in [0.05, 0.1) is 6.07 Å². The molecule has 1 rings (SSSR count). The van der Waals surface area contributed by atoms with Crippen molar-refractivity contribution >= 4 is 27.6 Å². The van der Waals surface area contributed by atoms with Crippen LogP contribution in [0.3, 0.4) is 0 Å². The van der Waals surface area contributed by atoms with Crippen LogP contribution in [-0.4, -0.2) is 24.1 Å². The second-order valence-electron chi connectivity index (χ2n) is 2.22. The average Bonchev–Trinajstić information content (AvgIpc) is 2.02. The minimum atomic E-state index is -3.70. The van der Waals surface area contributed by atoms with Gasteiger partial charge in [-0.2, -0.15) is 5.26 Å². The van der Waals surface area contributed by atoms with Gasteiger partial charge in [0.25, 0.3) is 0 Å². The van der Waals surface area contributed by atoms with E-state index in [4.69, 9.17) is 16.9 Å². The zero-order chi connectivity index (χ0) is 10.6. The van der Waals surface area contributed by atoms with E-state index in [2.05, 4.69) is 9.97 Å². The van der Waals surface area contributed by atoms with Crippen LogP contribution in [0.15, 0.2) is 12.3 Å². The molecule has 0 aliphatic rings. The van der Waals surface area contributed by atoms with Crippen LogP contribution in [0.1, 0.15) is 0 Å². The van der Waals surface area contributed by atoms with Crippen molar-refractivity contribution in [2.45, 2.75) is 0 Å². The van der Waals surface area contributed by atoms with Crippen molar-refractivity contribution in [1.29, 1.82) is 5.26 Å². The van der Waals surface area contributed by atoms with Gasteiger partial charge < -0.3 is 0 Å². The monoisotopic (exact) mass is 232 g/mol. The van der Waals surface area contributed by atoms with Gasteiger partial charge in [0.2, 0.25) is 16.0 Å². The lowest BCUT2D eigenvalue weighted by atomic mass is 10.7. The van der Waals surface area contributed by atoms with Crippen molar-refractivity contribution < 1.29 is 8.42 Å². The molecule has 0 spiro atoms.